The van der Waals surface area contributed by atoms with Gasteiger partial charge in [-0.15, -0.1) is 0 Å². The van der Waals surface area contributed by atoms with Gasteiger partial charge in [0.2, 0.25) is 5.91 Å². The number of anilines is 1. The molecule has 1 heterocycles. The van der Waals surface area contributed by atoms with Crippen molar-refractivity contribution in [2.45, 2.75) is 26.7 Å². The fourth-order valence-corrected chi connectivity index (χ4v) is 3.46. The number of carbonyl (C=O) groups is 2. The lowest BCUT2D eigenvalue weighted by Crippen LogP contribution is -3.14. The van der Waals surface area contributed by atoms with Crippen LogP contribution >= 0.6 is 15.9 Å². The average molecular weight is 383 g/mol. The van der Waals surface area contributed by atoms with E-state index in [2.05, 4.69) is 33.5 Å². The molecule has 0 aliphatic carbocycles. The van der Waals surface area contributed by atoms with Crippen molar-refractivity contribution in [1.29, 1.82) is 0 Å². The Hall–Kier alpha value is -1.40. The standard InChI is InChI=1S/C17H24BrN3O2/c1-12-4-3-7-21(10-12)11-17(23)19-9-16(22)20-15-6-5-14(18)8-13(15)2/h5-6,8,12H,3-4,7,9-11H2,1-2H3,(H,19,23)(H,20,22)/p+1/t12-/m0/s1. The second kappa shape index (κ2) is 8.45. The van der Waals surface area contributed by atoms with Crippen LogP contribution in [0.2, 0.25) is 0 Å². The summed E-state index contributed by atoms with van der Waals surface area (Å²) in [6.07, 6.45) is 2.42. The number of aryl methyl sites for hydroxylation is 1. The number of benzene rings is 1. The quantitative estimate of drug-likeness (QED) is 0.714. The SMILES string of the molecule is Cc1cc(Br)ccc1NC(=O)CNC(=O)C[NH+]1CCC[C@H](C)C1. The number of rotatable bonds is 5. The van der Waals surface area contributed by atoms with Crippen LogP contribution in [0.25, 0.3) is 0 Å². The van der Waals surface area contributed by atoms with Gasteiger partial charge in [-0.05, 0) is 43.5 Å². The molecule has 0 spiro atoms. The third-order valence-corrected chi connectivity index (χ3v) is 4.68. The van der Waals surface area contributed by atoms with E-state index in [1.54, 1.807) is 0 Å². The third kappa shape index (κ3) is 5.95. The largest absolute Gasteiger partial charge is 0.342 e. The zero-order valence-electron chi connectivity index (χ0n) is 13.7. The van der Waals surface area contributed by atoms with E-state index < -0.39 is 0 Å². The molecule has 23 heavy (non-hydrogen) atoms. The highest BCUT2D eigenvalue weighted by Gasteiger charge is 2.22. The van der Waals surface area contributed by atoms with Gasteiger partial charge in [0.05, 0.1) is 19.6 Å². The maximum Gasteiger partial charge on any atom is 0.275 e. The summed E-state index contributed by atoms with van der Waals surface area (Å²) in [7, 11) is 0. The van der Waals surface area contributed by atoms with Gasteiger partial charge in [-0.3, -0.25) is 9.59 Å². The number of halogens is 1. The van der Waals surface area contributed by atoms with Gasteiger partial charge in [0.15, 0.2) is 6.54 Å². The fourth-order valence-electron chi connectivity index (χ4n) is 2.99. The molecule has 126 valence electrons. The summed E-state index contributed by atoms with van der Waals surface area (Å²) < 4.78 is 0.972. The first-order valence-corrected chi connectivity index (χ1v) is 8.89. The first kappa shape index (κ1) is 17.9. The maximum atomic E-state index is 12.0. The van der Waals surface area contributed by atoms with Crippen molar-refractivity contribution in [3.05, 3.63) is 28.2 Å². The molecule has 1 unspecified atom stereocenters. The molecule has 2 atom stereocenters. The molecular weight excluding hydrogens is 358 g/mol. The van der Waals surface area contributed by atoms with Crippen molar-refractivity contribution in [1.82, 2.24) is 5.32 Å². The summed E-state index contributed by atoms with van der Waals surface area (Å²) in [4.78, 5) is 25.2. The minimum Gasteiger partial charge on any atom is -0.342 e. The summed E-state index contributed by atoms with van der Waals surface area (Å²) in [5, 5.41) is 5.54. The van der Waals surface area contributed by atoms with E-state index in [1.807, 2.05) is 25.1 Å². The molecule has 3 N–H and O–H groups in total. The van der Waals surface area contributed by atoms with Crippen molar-refractivity contribution in [2.75, 3.05) is 31.5 Å². The Balaban J connectivity index is 1.74. The third-order valence-electron chi connectivity index (χ3n) is 4.18. The molecular formula is C17H25BrN3O2+. The zero-order chi connectivity index (χ0) is 16.8. The van der Waals surface area contributed by atoms with E-state index >= 15 is 0 Å². The maximum absolute atomic E-state index is 12.0. The fraction of sp³-hybridized carbons (Fsp3) is 0.529. The van der Waals surface area contributed by atoms with Gasteiger partial charge in [-0.1, -0.05) is 22.9 Å². The van der Waals surface area contributed by atoms with E-state index in [0.29, 0.717) is 12.5 Å². The second-order valence-electron chi connectivity index (χ2n) is 6.41. The number of hydrogen-bond donors (Lipinski definition) is 3. The van der Waals surface area contributed by atoms with Crippen molar-refractivity contribution in [3.8, 4) is 0 Å². The van der Waals surface area contributed by atoms with Gasteiger partial charge in [-0.2, -0.15) is 0 Å². The highest BCUT2D eigenvalue weighted by atomic mass is 79.9. The molecule has 1 aliphatic heterocycles. The van der Waals surface area contributed by atoms with Crippen LogP contribution in [0.1, 0.15) is 25.3 Å². The summed E-state index contributed by atoms with van der Waals surface area (Å²) in [6, 6.07) is 5.66. The van der Waals surface area contributed by atoms with Gasteiger partial charge in [0.1, 0.15) is 0 Å². The number of quaternary nitrogens is 1. The van der Waals surface area contributed by atoms with Gasteiger partial charge >= 0.3 is 0 Å². The summed E-state index contributed by atoms with van der Waals surface area (Å²) >= 11 is 3.39. The molecule has 0 radical (unpaired) electrons. The molecule has 1 aliphatic rings. The van der Waals surface area contributed by atoms with Crippen LogP contribution in [0.15, 0.2) is 22.7 Å². The van der Waals surface area contributed by atoms with E-state index in [0.717, 1.165) is 28.8 Å². The van der Waals surface area contributed by atoms with Crippen molar-refractivity contribution in [3.63, 3.8) is 0 Å². The van der Waals surface area contributed by atoms with E-state index in [4.69, 9.17) is 0 Å². The molecule has 5 nitrogen and oxygen atoms in total. The molecule has 2 amide bonds. The first-order valence-electron chi connectivity index (χ1n) is 8.10. The van der Waals surface area contributed by atoms with Gasteiger partial charge in [-0.25, -0.2) is 0 Å². The summed E-state index contributed by atoms with van der Waals surface area (Å²) in [5.74, 6) is 0.415. The highest BCUT2D eigenvalue weighted by molar-refractivity contribution is 9.10. The predicted molar refractivity (Wildman–Crippen MR) is 94.5 cm³/mol. The smallest absolute Gasteiger partial charge is 0.275 e. The Morgan fingerprint density at radius 1 is 1.35 bits per heavy atom. The number of nitrogens with one attached hydrogen (secondary N) is 3. The van der Waals surface area contributed by atoms with Gasteiger partial charge < -0.3 is 15.5 Å². The number of carbonyl (C=O) groups excluding carboxylic acids is 2. The topological polar surface area (TPSA) is 62.6 Å². The van der Waals surface area contributed by atoms with Crippen LogP contribution < -0.4 is 15.5 Å². The average Bonchev–Trinajstić information content (AvgIpc) is 2.48. The Morgan fingerprint density at radius 2 is 2.13 bits per heavy atom. The van der Waals surface area contributed by atoms with Gasteiger partial charge in [0.25, 0.3) is 5.91 Å². The summed E-state index contributed by atoms with van der Waals surface area (Å²) in [6.45, 7) is 6.71. The number of likely N-dealkylation sites (tertiary alicyclic amines) is 1. The number of amides is 2. The van der Waals surface area contributed by atoms with E-state index in [9.17, 15) is 9.59 Å². The van der Waals surface area contributed by atoms with E-state index in [1.165, 1.54) is 17.7 Å². The Kier molecular flexibility index (Phi) is 6.59. The van der Waals surface area contributed by atoms with Crippen molar-refractivity contribution < 1.29 is 14.5 Å². The lowest BCUT2D eigenvalue weighted by atomic mass is 10.0. The monoisotopic (exact) mass is 382 g/mol. The molecule has 1 fully saturated rings. The van der Waals surface area contributed by atoms with E-state index in [-0.39, 0.29) is 18.4 Å². The van der Waals surface area contributed by atoms with Crippen LogP contribution in [0.3, 0.4) is 0 Å². The molecule has 1 aromatic carbocycles. The molecule has 0 aromatic heterocycles. The van der Waals surface area contributed by atoms with Crippen LogP contribution in [0, 0.1) is 12.8 Å². The molecule has 2 rings (SSSR count). The molecule has 0 saturated carbocycles. The van der Waals surface area contributed by atoms with Crippen molar-refractivity contribution in [2.24, 2.45) is 5.92 Å². The minimum absolute atomic E-state index is 0.0111. The lowest BCUT2D eigenvalue weighted by Gasteiger charge is -2.27. The number of hydrogen-bond acceptors (Lipinski definition) is 2. The van der Waals surface area contributed by atoms with Crippen LogP contribution in [-0.2, 0) is 9.59 Å². The summed E-state index contributed by atoms with van der Waals surface area (Å²) in [5.41, 5.74) is 1.74. The highest BCUT2D eigenvalue weighted by Crippen LogP contribution is 2.19. The second-order valence-corrected chi connectivity index (χ2v) is 7.33. The normalized spacial score (nSPS) is 20.8. The van der Waals surface area contributed by atoms with Crippen LogP contribution in [-0.4, -0.2) is 38.0 Å². The number of piperidine rings is 1. The Bertz CT molecular complexity index is 577. The first-order chi connectivity index (χ1) is 10.9. The predicted octanol–water partition coefficient (Wildman–Crippen LogP) is 1.13. The molecule has 1 aromatic rings. The Morgan fingerprint density at radius 3 is 2.83 bits per heavy atom. The Labute approximate surface area is 145 Å². The zero-order valence-corrected chi connectivity index (χ0v) is 15.3. The van der Waals surface area contributed by atoms with Crippen molar-refractivity contribution >= 4 is 33.4 Å². The minimum atomic E-state index is -0.203. The van der Waals surface area contributed by atoms with Gasteiger partial charge in [0, 0.05) is 16.1 Å². The lowest BCUT2D eigenvalue weighted by molar-refractivity contribution is -0.900. The van der Waals surface area contributed by atoms with Crippen LogP contribution in [0.5, 0.6) is 0 Å². The molecule has 6 heteroatoms. The molecule has 1 saturated heterocycles. The molecule has 0 bridgehead atoms. The van der Waals surface area contributed by atoms with Crippen LogP contribution in [0.4, 0.5) is 5.69 Å².